The summed E-state index contributed by atoms with van der Waals surface area (Å²) in [6.45, 7) is 0.787. The fourth-order valence-electron chi connectivity index (χ4n) is 3.79. The van der Waals surface area contributed by atoms with E-state index in [-0.39, 0.29) is 5.91 Å². The molecule has 0 radical (unpaired) electrons. The highest BCUT2D eigenvalue weighted by molar-refractivity contribution is 6.43. The number of carbonyl (C=O) groups is 2. The molecule has 29 heavy (non-hydrogen) atoms. The van der Waals surface area contributed by atoms with Gasteiger partial charge in [-0.15, -0.1) is 0 Å². The fraction of sp³-hybridized carbons (Fsp3) is 0.600. The second kappa shape index (κ2) is 11.2. The molecule has 0 heterocycles. The van der Waals surface area contributed by atoms with Gasteiger partial charge >= 0.3 is 7.12 Å². The quantitative estimate of drug-likeness (QED) is 0.263. The van der Waals surface area contributed by atoms with Crippen LogP contribution < -0.4 is 21.1 Å². The molecular weight excluding hydrogens is 373 g/mol. The average molecular weight is 405 g/mol. The first-order valence-corrected chi connectivity index (χ1v) is 10.2. The standard InChI is InChI=1S/C20H32BN3O5/c1-29-16-7-4-6-15(14-16)9-13-23-18(25)20(10-2-3-11-20)19(26)24-17(21(27)28)8-5-12-22/h4,6-7,14,17,27-28H,2-3,5,8-13,22H2,1H3,(H,23,25)(H,24,26). The summed E-state index contributed by atoms with van der Waals surface area (Å²) < 4.78 is 5.21. The number of rotatable bonds is 11. The van der Waals surface area contributed by atoms with E-state index < -0.39 is 24.4 Å². The van der Waals surface area contributed by atoms with E-state index in [1.165, 1.54) is 0 Å². The molecule has 0 saturated heterocycles. The zero-order valence-corrected chi connectivity index (χ0v) is 17.0. The highest BCUT2D eigenvalue weighted by Crippen LogP contribution is 2.39. The summed E-state index contributed by atoms with van der Waals surface area (Å²) in [4.78, 5) is 25.9. The van der Waals surface area contributed by atoms with E-state index in [0.29, 0.717) is 45.2 Å². The molecule has 0 spiro atoms. The zero-order valence-electron chi connectivity index (χ0n) is 17.0. The van der Waals surface area contributed by atoms with Crippen LogP contribution in [0.15, 0.2) is 24.3 Å². The van der Waals surface area contributed by atoms with E-state index in [1.807, 2.05) is 24.3 Å². The summed E-state index contributed by atoms with van der Waals surface area (Å²) in [5.41, 5.74) is 5.34. The number of nitrogens with one attached hydrogen (secondary N) is 2. The van der Waals surface area contributed by atoms with Gasteiger partial charge in [-0.2, -0.15) is 0 Å². The van der Waals surface area contributed by atoms with Crippen LogP contribution >= 0.6 is 0 Å². The molecule has 2 rings (SSSR count). The van der Waals surface area contributed by atoms with Crippen molar-refractivity contribution in [2.45, 2.75) is 50.9 Å². The highest BCUT2D eigenvalue weighted by Gasteiger charge is 2.48. The van der Waals surface area contributed by atoms with Gasteiger partial charge in [-0.25, -0.2) is 0 Å². The van der Waals surface area contributed by atoms with Gasteiger partial charge in [0, 0.05) is 6.54 Å². The minimum absolute atomic E-state index is 0.305. The Balaban J connectivity index is 1.98. The van der Waals surface area contributed by atoms with Crippen LogP contribution in [0.1, 0.15) is 44.1 Å². The number of ether oxygens (including phenoxy) is 1. The molecule has 2 amide bonds. The maximum Gasteiger partial charge on any atom is 0.475 e. The number of hydrogen-bond donors (Lipinski definition) is 5. The third kappa shape index (κ3) is 6.19. The lowest BCUT2D eigenvalue weighted by Crippen LogP contribution is -2.56. The summed E-state index contributed by atoms with van der Waals surface area (Å²) in [6, 6.07) is 7.62. The Morgan fingerprint density at radius 2 is 2.00 bits per heavy atom. The minimum Gasteiger partial charge on any atom is -0.497 e. The summed E-state index contributed by atoms with van der Waals surface area (Å²) in [5.74, 6) is -0.830. The lowest BCUT2D eigenvalue weighted by atomic mass is 9.75. The Morgan fingerprint density at radius 3 is 2.62 bits per heavy atom. The van der Waals surface area contributed by atoms with Gasteiger partial charge in [0.15, 0.2) is 0 Å². The Labute approximate surface area is 172 Å². The van der Waals surface area contributed by atoms with Crippen LogP contribution in [0.5, 0.6) is 5.75 Å². The van der Waals surface area contributed by atoms with Crippen LogP contribution in [0.2, 0.25) is 0 Å². The topological polar surface area (TPSA) is 134 Å². The van der Waals surface area contributed by atoms with Gasteiger partial charge < -0.3 is 31.2 Å². The van der Waals surface area contributed by atoms with Gasteiger partial charge in [0.05, 0.1) is 13.1 Å². The second-order valence-corrected chi connectivity index (χ2v) is 7.57. The lowest BCUT2D eigenvalue weighted by Gasteiger charge is -2.29. The molecular formula is C20H32BN3O5. The SMILES string of the molecule is COc1cccc(CCNC(=O)C2(C(=O)NC(CCCN)B(O)O)CCCC2)c1. The Morgan fingerprint density at radius 1 is 1.28 bits per heavy atom. The van der Waals surface area contributed by atoms with E-state index in [2.05, 4.69) is 10.6 Å². The third-order valence-electron chi connectivity index (χ3n) is 5.56. The first kappa shape index (κ1) is 23.2. The van der Waals surface area contributed by atoms with Crippen molar-refractivity contribution >= 4 is 18.9 Å². The molecule has 1 atom stereocenters. The Hall–Kier alpha value is -2.10. The van der Waals surface area contributed by atoms with Crippen LogP contribution in [0, 0.1) is 5.41 Å². The largest absolute Gasteiger partial charge is 0.497 e. The van der Waals surface area contributed by atoms with E-state index in [1.54, 1.807) is 7.11 Å². The van der Waals surface area contributed by atoms with Crippen LogP contribution in [0.3, 0.4) is 0 Å². The van der Waals surface area contributed by atoms with Crippen LogP contribution in [-0.4, -0.2) is 55.1 Å². The van der Waals surface area contributed by atoms with Crippen molar-refractivity contribution in [1.29, 1.82) is 0 Å². The van der Waals surface area contributed by atoms with Crippen molar-refractivity contribution in [3.05, 3.63) is 29.8 Å². The molecule has 8 nitrogen and oxygen atoms in total. The number of benzene rings is 1. The molecule has 1 aromatic carbocycles. The van der Waals surface area contributed by atoms with E-state index >= 15 is 0 Å². The zero-order chi connectivity index (χ0) is 21.3. The molecule has 0 aliphatic heterocycles. The maximum atomic E-state index is 13.0. The van der Waals surface area contributed by atoms with Crippen LogP contribution in [-0.2, 0) is 16.0 Å². The average Bonchev–Trinajstić information content (AvgIpc) is 3.22. The maximum absolute atomic E-state index is 13.0. The van der Waals surface area contributed by atoms with E-state index in [4.69, 9.17) is 10.5 Å². The van der Waals surface area contributed by atoms with Crippen molar-refractivity contribution in [1.82, 2.24) is 10.6 Å². The molecule has 0 aromatic heterocycles. The summed E-state index contributed by atoms with van der Waals surface area (Å²) in [5, 5.41) is 24.7. The molecule has 1 aliphatic rings. The molecule has 6 N–H and O–H groups in total. The predicted molar refractivity (Wildman–Crippen MR) is 111 cm³/mol. The number of carbonyl (C=O) groups excluding carboxylic acids is 2. The molecule has 1 unspecified atom stereocenters. The predicted octanol–water partition coefficient (Wildman–Crippen LogP) is 0.150. The number of amides is 2. The van der Waals surface area contributed by atoms with Crippen molar-refractivity contribution in [2.75, 3.05) is 20.2 Å². The van der Waals surface area contributed by atoms with Crippen molar-refractivity contribution in [3.8, 4) is 5.75 Å². The first-order valence-electron chi connectivity index (χ1n) is 10.2. The normalized spacial score (nSPS) is 16.1. The van der Waals surface area contributed by atoms with Gasteiger partial charge in [-0.3, -0.25) is 9.59 Å². The van der Waals surface area contributed by atoms with Gasteiger partial charge in [-0.05, 0) is 56.3 Å². The monoisotopic (exact) mass is 405 g/mol. The molecule has 9 heteroatoms. The van der Waals surface area contributed by atoms with Crippen molar-refractivity contribution < 1.29 is 24.4 Å². The van der Waals surface area contributed by atoms with Gasteiger partial charge in [0.2, 0.25) is 11.8 Å². The highest BCUT2D eigenvalue weighted by atomic mass is 16.5. The molecule has 160 valence electrons. The molecule has 1 saturated carbocycles. The lowest BCUT2D eigenvalue weighted by molar-refractivity contribution is -0.143. The van der Waals surface area contributed by atoms with Crippen molar-refractivity contribution in [3.63, 3.8) is 0 Å². The smallest absolute Gasteiger partial charge is 0.475 e. The molecule has 1 aliphatic carbocycles. The minimum atomic E-state index is -1.69. The van der Waals surface area contributed by atoms with E-state index in [0.717, 1.165) is 24.2 Å². The van der Waals surface area contributed by atoms with Crippen LogP contribution in [0.25, 0.3) is 0 Å². The molecule has 1 fully saturated rings. The van der Waals surface area contributed by atoms with Gasteiger partial charge in [0.25, 0.3) is 0 Å². The summed E-state index contributed by atoms with van der Waals surface area (Å²) in [6.07, 6.45) is 3.98. The summed E-state index contributed by atoms with van der Waals surface area (Å²) in [7, 11) is -0.0897. The van der Waals surface area contributed by atoms with Crippen LogP contribution in [0.4, 0.5) is 0 Å². The fourth-order valence-corrected chi connectivity index (χ4v) is 3.79. The van der Waals surface area contributed by atoms with Gasteiger partial charge in [0.1, 0.15) is 11.2 Å². The Kier molecular flexibility index (Phi) is 8.94. The number of hydrogen-bond acceptors (Lipinski definition) is 6. The molecule has 1 aromatic rings. The number of nitrogens with two attached hydrogens (primary N) is 1. The third-order valence-corrected chi connectivity index (χ3v) is 5.56. The van der Waals surface area contributed by atoms with E-state index in [9.17, 15) is 19.6 Å². The molecule has 0 bridgehead atoms. The number of methoxy groups -OCH3 is 1. The summed E-state index contributed by atoms with van der Waals surface area (Å²) >= 11 is 0. The van der Waals surface area contributed by atoms with Gasteiger partial charge in [-0.1, -0.05) is 25.0 Å². The second-order valence-electron chi connectivity index (χ2n) is 7.57. The Bertz CT molecular complexity index is 680. The van der Waals surface area contributed by atoms with Crippen molar-refractivity contribution in [2.24, 2.45) is 11.1 Å². The first-order chi connectivity index (χ1) is 13.9.